The fourth-order valence-corrected chi connectivity index (χ4v) is 11.4. The average molecular weight is 1520 g/mol. The SMILES string of the molecule is CCn1nc(C)cc1C(=O)Nc1nc2cc(C(N)=O)cc(OCCCN3CCN(CCOCCOCCOCCOCCOCCOCCOCCOCCOCCOCCNC(=O)CN4C(=O)C=CC4=O)CC3)c2n1C/C=C/Cn1c(NC(=O)c2cc(C)nn2CC(O)CO)nc2cc(C(N)=O)cc(OC)c21. The number of methoxy groups -OCH3 is 1. The highest BCUT2D eigenvalue weighted by atomic mass is 16.6. The van der Waals surface area contributed by atoms with Gasteiger partial charge in [-0.25, -0.2) is 9.97 Å². The maximum atomic E-state index is 14.1. The molecule has 0 radical (unpaired) electrons. The number of amides is 7. The number of rotatable bonds is 55. The fraction of sp³-hybridized carbons (Fsp3) is 0.563. The minimum atomic E-state index is -1.18. The van der Waals surface area contributed by atoms with Gasteiger partial charge in [-0.2, -0.15) is 10.2 Å². The number of nitrogens with one attached hydrogen (secondary N) is 3. The van der Waals surface area contributed by atoms with Crippen LogP contribution < -0.4 is 36.9 Å². The monoisotopic (exact) mass is 1510 g/mol. The molecule has 2 aliphatic rings. The van der Waals surface area contributed by atoms with Crippen LogP contribution in [-0.4, -0.2) is 316 Å². The molecular formula is C71H102N16O21. The van der Waals surface area contributed by atoms with Crippen LogP contribution in [0.5, 0.6) is 11.5 Å². The van der Waals surface area contributed by atoms with Crippen molar-refractivity contribution in [3.8, 4) is 11.5 Å². The molecule has 1 saturated heterocycles. The van der Waals surface area contributed by atoms with Gasteiger partial charge in [-0.15, -0.1) is 0 Å². The van der Waals surface area contributed by atoms with E-state index < -0.39 is 54.1 Å². The average Bonchev–Trinajstić information content (AvgIpc) is 1.62. The Morgan fingerprint density at radius 3 is 1.39 bits per heavy atom. The molecule has 1 atom stereocenters. The van der Waals surface area contributed by atoms with E-state index in [1.54, 1.807) is 51.9 Å². The number of allylic oxidation sites excluding steroid dienone is 2. The van der Waals surface area contributed by atoms with Crippen molar-refractivity contribution in [2.45, 2.75) is 59.5 Å². The molecule has 9 N–H and O–H groups in total. The molecule has 2 aliphatic heterocycles. The lowest BCUT2D eigenvalue weighted by atomic mass is 10.1. The van der Waals surface area contributed by atoms with Crippen molar-refractivity contribution >= 4 is 75.3 Å². The molecule has 0 aliphatic carbocycles. The zero-order valence-corrected chi connectivity index (χ0v) is 61.8. The summed E-state index contributed by atoms with van der Waals surface area (Å²) >= 11 is 0. The van der Waals surface area contributed by atoms with Crippen LogP contribution in [0.1, 0.15) is 66.4 Å². The van der Waals surface area contributed by atoms with E-state index in [4.69, 9.17) is 78.3 Å². The van der Waals surface area contributed by atoms with Crippen LogP contribution in [0.25, 0.3) is 22.1 Å². The van der Waals surface area contributed by atoms with Gasteiger partial charge in [0.2, 0.25) is 29.6 Å². The number of fused-ring (bicyclic) bond motifs is 2. The fourth-order valence-electron chi connectivity index (χ4n) is 11.4. The smallest absolute Gasteiger partial charge is 0.276 e. The van der Waals surface area contributed by atoms with E-state index in [-0.39, 0.29) is 85.9 Å². The summed E-state index contributed by atoms with van der Waals surface area (Å²) in [5.74, 6) is -3.20. The molecule has 7 amide bonds. The highest BCUT2D eigenvalue weighted by Crippen LogP contribution is 2.33. The molecule has 1 fully saturated rings. The van der Waals surface area contributed by atoms with Crippen molar-refractivity contribution in [2.75, 3.05) is 215 Å². The van der Waals surface area contributed by atoms with E-state index >= 15 is 0 Å². The van der Waals surface area contributed by atoms with Gasteiger partial charge in [-0.3, -0.25) is 63.4 Å². The lowest BCUT2D eigenvalue weighted by molar-refractivity contribution is -0.141. The van der Waals surface area contributed by atoms with Crippen molar-refractivity contribution in [3.63, 3.8) is 0 Å². The van der Waals surface area contributed by atoms with Gasteiger partial charge in [0.1, 0.15) is 40.5 Å². The predicted molar refractivity (Wildman–Crippen MR) is 391 cm³/mol. The lowest BCUT2D eigenvalue weighted by Gasteiger charge is -2.34. The largest absolute Gasteiger partial charge is 0.494 e. The molecule has 1 unspecified atom stereocenters. The van der Waals surface area contributed by atoms with Crippen LogP contribution >= 0.6 is 0 Å². The Hall–Kier alpha value is -9.19. The molecule has 6 aromatic rings. The minimum Gasteiger partial charge on any atom is -0.494 e. The molecule has 8 rings (SSSR count). The summed E-state index contributed by atoms with van der Waals surface area (Å²) in [6.07, 6.45) is 5.34. The molecular weight excluding hydrogens is 1410 g/mol. The molecule has 37 nitrogen and oxygen atoms in total. The first-order valence-corrected chi connectivity index (χ1v) is 36.0. The number of nitrogens with zero attached hydrogens (tertiary/aromatic N) is 11. The summed E-state index contributed by atoms with van der Waals surface area (Å²) in [5, 5.41) is 37.0. The molecule has 592 valence electrons. The number of hydrogen-bond acceptors (Lipinski definition) is 27. The molecule has 6 heterocycles. The number of primary amides is 2. The number of hydrogen-bond donors (Lipinski definition) is 7. The van der Waals surface area contributed by atoms with Crippen LogP contribution in [0.4, 0.5) is 11.9 Å². The van der Waals surface area contributed by atoms with Crippen molar-refractivity contribution in [1.29, 1.82) is 0 Å². The first-order valence-electron chi connectivity index (χ1n) is 36.0. The first-order chi connectivity index (χ1) is 52.4. The number of aliphatic hydroxyl groups is 2. The molecule has 0 bridgehead atoms. The predicted octanol–water partition coefficient (Wildman–Crippen LogP) is 0.330. The number of nitrogens with two attached hydrogens (primary N) is 2. The summed E-state index contributed by atoms with van der Waals surface area (Å²) in [7, 11) is 1.43. The van der Waals surface area contributed by atoms with Gasteiger partial charge < -0.3 is 97.9 Å². The van der Waals surface area contributed by atoms with Gasteiger partial charge in [0.15, 0.2) is 0 Å². The number of aromatic nitrogens is 8. The number of carbonyl (C=O) groups is 7. The van der Waals surface area contributed by atoms with Crippen molar-refractivity contribution in [2.24, 2.45) is 11.5 Å². The van der Waals surface area contributed by atoms with Crippen molar-refractivity contribution in [3.05, 3.63) is 94.6 Å². The molecule has 37 heteroatoms. The first kappa shape index (κ1) is 84.4. The second-order valence-corrected chi connectivity index (χ2v) is 24.7. The molecule has 108 heavy (non-hydrogen) atoms. The lowest BCUT2D eigenvalue weighted by Crippen LogP contribution is -2.47. The Morgan fingerprint density at radius 1 is 0.546 bits per heavy atom. The van der Waals surface area contributed by atoms with E-state index in [9.17, 15) is 43.8 Å². The van der Waals surface area contributed by atoms with Gasteiger partial charge in [0.05, 0.1) is 188 Å². The Kier molecular flexibility index (Phi) is 35.6. The van der Waals surface area contributed by atoms with Crippen LogP contribution in [0.3, 0.4) is 0 Å². The zero-order chi connectivity index (χ0) is 77.0. The number of aliphatic hydroxyl groups excluding tert-OH is 2. The molecule has 0 saturated carbocycles. The summed E-state index contributed by atoms with van der Waals surface area (Å²) < 4.78 is 74.3. The highest BCUT2D eigenvalue weighted by Gasteiger charge is 2.28. The van der Waals surface area contributed by atoms with Crippen LogP contribution in [0, 0.1) is 13.8 Å². The number of ether oxygens (including phenoxy) is 12. The Morgan fingerprint density at radius 2 is 0.954 bits per heavy atom. The third-order valence-corrected chi connectivity index (χ3v) is 16.8. The zero-order valence-electron chi connectivity index (χ0n) is 61.8. The number of anilines is 2. The second-order valence-electron chi connectivity index (χ2n) is 24.7. The minimum absolute atomic E-state index is 0.0648. The topological polar surface area (TPSA) is 440 Å². The van der Waals surface area contributed by atoms with E-state index in [1.807, 2.05) is 13.0 Å². The normalized spacial score (nSPS) is 13.8. The number of imidazole rings is 2. The van der Waals surface area contributed by atoms with E-state index in [0.29, 0.717) is 178 Å². The number of carbonyl (C=O) groups excluding carboxylic acids is 7. The third kappa shape index (κ3) is 26.9. The van der Waals surface area contributed by atoms with Crippen molar-refractivity contribution < 1.29 is 101 Å². The van der Waals surface area contributed by atoms with Crippen LogP contribution in [-0.2, 0) is 87.9 Å². The van der Waals surface area contributed by atoms with Gasteiger partial charge in [-0.1, -0.05) is 12.2 Å². The molecule has 0 spiro atoms. The second kappa shape index (κ2) is 45.6. The van der Waals surface area contributed by atoms with E-state index in [0.717, 1.165) is 56.3 Å². The highest BCUT2D eigenvalue weighted by molar-refractivity contribution is 6.14. The Bertz CT molecular complexity index is 3920. The Balaban J connectivity index is 0.677. The summed E-state index contributed by atoms with van der Waals surface area (Å²) in [6.45, 7) is 18.9. The summed E-state index contributed by atoms with van der Waals surface area (Å²) in [6, 6.07) is 9.29. The van der Waals surface area contributed by atoms with Gasteiger partial charge in [-0.05, 0) is 63.6 Å². The summed E-state index contributed by atoms with van der Waals surface area (Å²) in [5.41, 5.74) is 14.9. The van der Waals surface area contributed by atoms with Gasteiger partial charge in [0.25, 0.3) is 23.6 Å². The number of aryl methyl sites for hydroxylation is 3. The van der Waals surface area contributed by atoms with Gasteiger partial charge in [0, 0.05) is 88.7 Å². The van der Waals surface area contributed by atoms with Crippen LogP contribution in [0.2, 0.25) is 0 Å². The van der Waals surface area contributed by atoms with Crippen LogP contribution in [0.15, 0.2) is 60.7 Å². The maximum absolute atomic E-state index is 14.1. The number of piperazine rings is 1. The standard InChI is InChI=1S/C71H102N16O21/c1-5-86-57(41-50(2)79-86)68(95)77-71-76-56-44-53(67(73)94)46-60(65(56)84(71)14-7-6-13-83-64-55(43-52(66(72)93)45-59(64)97-4)75-70(83)78-69(96)58-42-51(3)80-87(58)47-54(89)49-88)108-20-8-12-81-15-17-82(18-16-81)19-22-99-24-26-101-28-30-103-32-34-105-36-38-107-40-39-106-37-35-104-33-31-102-29-27-100-25-23-98-21-11-74-61(90)48-85-62(91)9-10-63(85)92/h6-7,9-10,41-46,54,88-89H,5,8,11-40,47-49H2,1-4H3,(H2,72,93)(H2,73,94)(H,74,90)(H,75,78,96)(H,76,77,95)/b7-6+. The van der Waals surface area contributed by atoms with Gasteiger partial charge >= 0.3 is 0 Å². The molecule has 2 aromatic carbocycles. The number of benzene rings is 2. The number of imide groups is 1. The maximum Gasteiger partial charge on any atom is 0.276 e. The molecule has 4 aromatic heterocycles. The van der Waals surface area contributed by atoms with E-state index in [2.05, 4.69) is 35.9 Å². The Labute approximate surface area is 624 Å². The third-order valence-electron chi connectivity index (χ3n) is 16.8. The van der Waals surface area contributed by atoms with Crippen molar-refractivity contribution in [1.82, 2.24) is 58.7 Å². The van der Waals surface area contributed by atoms with E-state index in [1.165, 1.54) is 30.0 Å². The summed E-state index contributed by atoms with van der Waals surface area (Å²) in [4.78, 5) is 103. The quantitative estimate of drug-likeness (QED) is 0.0154.